The first-order chi connectivity index (χ1) is 16.8. The maximum atomic E-state index is 14.0. The van der Waals surface area contributed by atoms with Gasteiger partial charge in [0.1, 0.15) is 0 Å². The van der Waals surface area contributed by atoms with E-state index in [0.717, 1.165) is 28.8 Å². The van der Waals surface area contributed by atoms with Crippen LogP contribution in [-0.2, 0) is 0 Å². The first-order valence-corrected chi connectivity index (χ1v) is 11.1. The van der Waals surface area contributed by atoms with E-state index in [1.165, 1.54) is 11.0 Å². The molecule has 35 heavy (non-hydrogen) atoms. The van der Waals surface area contributed by atoms with Crippen molar-refractivity contribution in [2.45, 2.75) is 19.9 Å². The summed E-state index contributed by atoms with van der Waals surface area (Å²) in [4.78, 5) is 19.0. The van der Waals surface area contributed by atoms with Gasteiger partial charge in [-0.15, -0.1) is 0 Å². The number of carbonyl (C=O) groups is 1. The standard InChI is InChI=1S/C26H19ClF2N4O2/c1-14-3-5-17(6-4-14)24-31-25(35-32-24)22-15(2)33(19-11-12-20(28)21(29)13-19)26(34)30-23(22)16-7-9-18(27)10-8-16/h3-13,23H,1-2H3,(H,30,34). The molecule has 4 aromatic rings. The molecule has 9 heteroatoms. The van der Waals surface area contributed by atoms with Crippen molar-refractivity contribution in [3.05, 3.63) is 106 Å². The fraction of sp³-hybridized carbons (Fsp3) is 0.115. The minimum Gasteiger partial charge on any atom is -0.334 e. The van der Waals surface area contributed by atoms with Crippen LogP contribution >= 0.6 is 11.6 Å². The van der Waals surface area contributed by atoms with Gasteiger partial charge in [-0.25, -0.2) is 13.6 Å². The highest BCUT2D eigenvalue weighted by molar-refractivity contribution is 6.30. The van der Waals surface area contributed by atoms with Gasteiger partial charge in [-0.2, -0.15) is 4.98 Å². The summed E-state index contributed by atoms with van der Waals surface area (Å²) in [7, 11) is 0. The number of nitrogens with one attached hydrogen (secondary N) is 1. The van der Waals surface area contributed by atoms with Crippen LogP contribution in [0.1, 0.15) is 30.0 Å². The number of rotatable bonds is 4. The zero-order valence-corrected chi connectivity index (χ0v) is 19.5. The van der Waals surface area contributed by atoms with E-state index in [0.29, 0.717) is 22.1 Å². The SMILES string of the molecule is CC1=C(c2nc(-c3ccc(C)cc3)no2)C(c2ccc(Cl)cc2)NC(=O)N1c1ccc(F)c(F)c1. The van der Waals surface area contributed by atoms with Crippen molar-refractivity contribution < 1.29 is 18.1 Å². The normalized spacial score (nSPS) is 16.0. The van der Waals surface area contributed by atoms with Gasteiger partial charge in [0, 0.05) is 22.3 Å². The molecule has 0 fully saturated rings. The second kappa shape index (κ2) is 8.96. The Balaban J connectivity index is 1.65. The zero-order valence-electron chi connectivity index (χ0n) is 18.7. The molecule has 1 atom stereocenters. The first-order valence-electron chi connectivity index (χ1n) is 10.7. The molecule has 0 radical (unpaired) electrons. The molecule has 1 aromatic heterocycles. The summed E-state index contributed by atoms with van der Waals surface area (Å²) in [5, 5.41) is 7.58. The molecule has 2 heterocycles. The van der Waals surface area contributed by atoms with Crippen molar-refractivity contribution in [3.8, 4) is 11.4 Å². The molecule has 1 unspecified atom stereocenters. The van der Waals surface area contributed by atoms with Gasteiger partial charge in [0.2, 0.25) is 5.82 Å². The molecule has 0 saturated carbocycles. The lowest BCUT2D eigenvalue weighted by Crippen LogP contribution is -2.46. The molecular weight excluding hydrogens is 474 g/mol. The third kappa shape index (κ3) is 4.28. The maximum Gasteiger partial charge on any atom is 0.327 e. The Kier molecular flexibility index (Phi) is 5.82. The van der Waals surface area contributed by atoms with Gasteiger partial charge in [0.15, 0.2) is 11.6 Å². The van der Waals surface area contributed by atoms with E-state index >= 15 is 0 Å². The van der Waals surface area contributed by atoms with Gasteiger partial charge in [0.05, 0.1) is 17.3 Å². The van der Waals surface area contributed by atoms with Crippen molar-refractivity contribution in [3.63, 3.8) is 0 Å². The van der Waals surface area contributed by atoms with E-state index in [2.05, 4.69) is 15.5 Å². The number of hydrogen-bond donors (Lipinski definition) is 1. The Morgan fingerprint density at radius 1 is 0.971 bits per heavy atom. The number of halogens is 3. The summed E-state index contributed by atoms with van der Waals surface area (Å²) in [6.45, 7) is 3.67. The topological polar surface area (TPSA) is 71.3 Å². The number of carbonyl (C=O) groups excluding carboxylic acids is 1. The smallest absolute Gasteiger partial charge is 0.327 e. The summed E-state index contributed by atoms with van der Waals surface area (Å²) < 4.78 is 33.2. The molecule has 1 N–H and O–H groups in total. The van der Waals surface area contributed by atoms with E-state index in [4.69, 9.17) is 16.1 Å². The predicted octanol–water partition coefficient (Wildman–Crippen LogP) is 6.68. The molecule has 0 saturated heterocycles. The zero-order chi connectivity index (χ0) is 24.7. The van der Waals surface area contributed by atoms with Crippen LogP contribution in [0.25, 0.3) is 17.0 Å². The second-order valence-corrected chi connectivity index (χ2v) is 8.59. The van der Waals surface area contributed by atoms with Crippen molar-refractivity contribution in [1.82, 2.24) is 15.5 Å². The average molecular weight is 493 g/mol. The van der Waals surface area contributed by atoms with Crippen LogP contribution in [0.3, 0.4) is 0 Å². The molecular formula is C26H19ClF2N4O2. The molecule has 0 bridgehead atoms. The van der Waals surface area contributed by atoms with Gasteiger partial charge in [-0.05, 0) is 43.7 Å². The number of aromatic nitrogens is 2. The quantitative estimate of drug-likeness (QED) is 0.345. The number of anilines is 1. The largest absolute Gasteiger partial charge is 0.334 e. The molecule has 6 nitrogen and oxygen atoms in total. The van der Waals surface area contributed by atoms with Crippen molar-refractivity contribution >= 4 is 28.9 Å². The number of amides is 2. The van der Waals surface area contributed by atoms with Crippen LogP contribution in [-0.4, -0.2) is 16.2 Å². The van der Waals surface area contributed by atoms with E-state index in [1.807, 2.05) is 31.2 Å². The van der Waals surface area contributed by atoms with Crippen LogP contribution in [0, 0.1) is 18.6 Å². The van der Waals surface area contributed by atoms with Gasteiger partial charge >= 0.3 is 6.03 Å². The molecule has 2 amide bonds. The van der Waals surface area contributed by atoms with Crippen molar-refractivity contribution in [2.24, 2.45) is 0 Å². The van der Waals surface area contributed by atoms with Crippen molar-refractivity contribution in [2.75, 3.05) is 4.90 Å². The van der Waals surface area contributed by atoms with Crippen LogP contribution in [0.4, 0.5) is 19.3 Å². The van der Waals surface area contributed by atoms with E-state index in [1.54, 1.807) is 31.2 Å². The lowest BCUT2D eigenvalue weighted by Gasteiger charge is -2.35. The van der Waals surface area contributed by atoms with Crippen LogP contribution in [0.2, 0.25) is 5.02 Å². The lowest BCUT2D eigenvalue weighted by molar-refractivity contribution is 0.244. The highest BCUT2D eigenvalue weighted by Gasteiger charge is 2.36. The number of nitrogens with zero attached hydrogens (tertiary/aromatic N) is 3. The Hall–Kier alpha value is -4.04. The van der Waals surface area contributed by atoms with Gasteiger partial charge < -0.3 is 9.84 Å². The van der Waals surface area contributed by atoms with Crippen LogP contribution in [0.15, 0.2) is 77.0 Å². The summed E-state index contributed by atoms with van der Waals surface area (Å²) in [6.07, 6.45) is 0. The van der Waals surface area contributed by atoms with Crippen molar-refractivity contribution in [1.29, 1.82) is 0 Å². The van der Waals surface area contributed by atoms with E-state index in [-0.39, 0.29) is 11.6 Å². The average Bonchev–Trinajstić information content (AvgIpc) is 3.31. The fourth-order valence-electron chi connectivity index (χ4n) is 4.01. The molecule has 0 spiro atoms. The van der Waals surface area contributed by atoms with Crippen LogP contribution < -0.4 is 10.2 Å². The van der Waals surface area contributed by atoms with E-state index < -0.39 is 23.7 Å². The highest BCUT2D eigenvalue weighted by Crippen LogP contribution is 2.39. The monoisotopic (exact) mass is 492 g/mol. The van der Waals surface area contributed by atoms with Gasteiger partial charge in [-0.3, -0.25) is 4.90 Å². The molecule has 0 aliphatic carbocycles. The summed E-state index contributed by atoms with van der Waals surface area (Å²) in [5.41, 5.74) is 3.70. The Labute approximate surface area is 204 Å². The Morgan fingerprint density at radius 2 is 1.69 bits per heavy atom. The molecule has 1 aliphatic rings. The minimum absolute atomic E-state index is 0.157. The maximum absolute atomic E-state index is 14.0. The number of hydrogen-bond acceptors (Lipinski definition) is 4. The molecule has 3 aromatic carbocycles. The third-order valence-corrected chi connectivity index (χ3v) is 6.07. The van der Waals surface area contributed by atoms with E-state index in [9.17, 15) is 13.6 Å². The number of benzene rings is 3. The number of allylic oxidation sites excluding steroid dienone is 1. The number of aryl methyl sites for hydroxylation is 1. The summed E-state index contributed by atoms with van der Waals surface area (Å²) in [6, 6.07) is 16.7. The summed E-state index contributed by atoms with van der Waals surface area (Å²) >= 11 is 6.06. The summed E-state index contributed by atoms with van der Waals surface area (Å²) in [5.74, 6) is -1.51. The first kappa shape index (κ1) is 22.7. The Morgan fingerprint density at radius 3 is 2.37 bits per heavy atom. The highest BCUT2D eigenvalue weighted by atomic mass is 35.5. The van der Waals surface area contributed by atoms with Gasteiger partial charge in [0.25, 0.3) is 5.89 Å². The number of urea groups is 1. The molecule has 1 aliphatic heterocycles. The molecule has 5 rings (SSSR count). The minimum atomic E-state index is -1.07. The fourth-order valence-corrected chi connectivity index (χ4v) is 4.14. The molecule has 176 valence electrons. The van der Waals surface area contributed by atoms with Gasteiger partial charge in [-0.1, -0.05) is 58.7 Å². The Bertz CT molecular complexity index is 1450. The second-order valence-electron chi connectivity index (χ2n) is 8.16. The third-order valence-electron chi connectivity index (χ3n) is 5.82. The lowest BCUT2D eigenvalue weighted by atomic mass is 9.94. The van der Waals surface area contributed by atoms with Crippen LogP contribution in [0.5, 0.6) is 0 Å². The predicted molar refractivity (Wildman–Crippen MR) is 129 cm³/mol.